The molecule has 2 N–H and O–H groups in total. The Morgan fingerprint density at radius 1 is 0.976 bits per heavy atom. The van der Waals surface area contributed by atoms with Gasteiger partial charge in [0.1, 0.15) is 11.9 Å². The van der Waals surface area contributed by atoms with E-state index in [1.54, 1.807) is 24.3 Å². The van der Waals surface area contributed by atoms with Crippen LogP contribution in [0.15, 0.2) is 66.7 Å². The van der Waals surface area contributed by atoms with E-state index in [0.717, 1.165) is 33.8 Å². The second-order valence-electron chi connectivity index (χ2n) is 9.68. The molecule has 3 aromatic carbocycles. The van der Waals surface area contributed by atoms with Crippen LogP contribution >= 0.6 is 23.2 Å². The number of hydrogen-bond acceptors (Lipinski definition) is 5. The van der Waals surface area contributed by atoms with Gasteiger partial charge >= 0.3 is 0 Å². The number of sulfonamides is 1. The van der Waals surface area contributed by atoms with E-state index >= 15 is 0 Å². The van der Waals surface area contributed by atoms with Gasteiger partial charge in [-0.05, 0) is 60.5 Å². The van der Waals surface area contributed by atoms with Crippen molar-refractivity contribution in [2.45, 2.75) is 25.0 Å². The van der Waals surface area contributed by atoms with Gasteiger partial charge in [-0.1, -0.05) is 47.5 Å². The van der Waals surface area contributed by atoms with Crippen LogP contribution in [0, 0.1) is 5.82 Å². The second kappa shape index (κ2) is 13.9. The van der Waals surface area contributed by atoms with E-state index in [9.17, 15) is 22.4 Å². The van der Waals surface area contributed by atoms with E-state index in [1.165, 1.54) is 20.0 Å². The van der Waals surface area contributed by atoms with Crippen molar-refractivity contribution in [3.63, 3.8) is 0 Å². The van der Waals surface area contributed by atoms with Crippen molar-refractivity contribution < 1.29 is 22.4 Å². The number of nitrogens with one attached hydrogen (secondary N) is 2. The summed E-state index contributed by atoms with van der Waals surface area (Å²) < 4.78 is 41.7. The van der Waals surface area contributed by atoms with Crippen LogP contribution in [0.1, 0.15) is 34.5 Å². The van der Waals surface area contributed by atoms with E-state index in [0.29, 0.717) is 23.1 Å². The van der Waals surface area contributed by atoms with Crippen LogP contribution in [0.25, 0.3) is 0 Å². The van der Waals surface area contributed by atoms with Gasteiger partial charge in [-0.3, -0.25) is 18.8 Å². The summed E-state index contributed by atoms with van der Waals surface area (Å²) in [4.78, 5) is 26.7. The molecule has 3 aromatic rings. The summed E-state index contributed by atoms with van der Waals surface area (Å²) >= 11 is 12.2. The summed E-state index contributed by atoms with van der Waals surface area (Å²) in [5.74, 6) is -1.90. The number of benzene rings is 3. The molecule has 41 heavy (non-hydrogen) atoms. The van der Waals surface area contributed by atoms with Gasteiger partial charge in [0.15, 0.2) is 0 Å². The minimum Gasteiger partial charge on any atom is -0.357 e. The fraction of sp³-hybridized carbons (Fsp3) is 0.286. The summed E-state index contributed by atoms with van der Waals surface area (Å²) in [5.41, 5.74) is 1.85. The first-order chi connectivity index (χ1) is 18.9. The van der Waals surface area contributed by atoms with Crippen molar-refractivity contribution in [2.24, 2.45) is 0 Å². The van der Waals surface area contributed by atoms with Crippen LogP contribution in [0.2, 0.25) is 10.0 Å². The zero-order chi connectivity index (χ0) is 29.2. The number of likely N-dealkylation sites (N-methyl/N-ethyl adjacent to an activating group) is 1. The van der Waals surface area contributed by atoms with E-state index < -0.39 is 39.7 Å². The van der Waals surface area contributed by atoms with Gasteiger partial charge in [0.05, 0.1) is 24.0 Å². The van der Waals surface area contributed by atoms with Crippen molar-refractivity contribution in [3.8, 4) is 0 Å². The summed E-state index contributed by atoms with van der Waals surface area (Å²) in [5, 5.41) is 6.10. The predicted octanol–water partition coefficient (Wildman–Crippen LogP) is 3.86. The van der Waals surface area contributed by atoms with E-state index in [1.807, 2.05) is 24.3 Å². The molecule has 1 saturated heterocycles. The van der Waals surface area contributed by atoms with Gasteiger partial charge in [-0.25, -0.2) is 12.8 Å². The first-order valence-electron chi connectivity index (χ1n) is 12.4. The number of amides is 2. The Labute approximate surface area is 271 Å². The average molecular weight is 631 g/mol. The summed E-state index contributed by atoms with van der Waals surface area (Å²) in [6.45, 7) is 2.17. The first-order valence-corrected chi connectivity index (χ1v) is 15.0. The van der Waals surface area contributed by atoms with E-state index in [4.69, 9.17) is 23.2 Å². The van der Waals surface area contributed by atoms with Crippen LogP contribution in [0.4, 0.5) is 10.1 Å². The molecule has 1 aliphatic rings. The monoisotopic (exact) mass is 629 g/mol. The van der Waals surface area contributed by atoms with Crippen LogP contribution in [0.5, 0.6) is 0 Å². The van der Waals surface area contributed by atoms with Crippen LogP contribution < -0.4 is 14.9 Å². The second-order valence-corrected chi connectivity index (χ2v) is 12.4. The Morgan fingerprint density at radius 3 is 1.95 bits per heavy atom. The molecule has 0 aromatic heterocycles. The molecular weight excluding hydrogens is 601 g/mol. The topological polar surface area (TPSA) is 98.8 Å². The van der Waals surface area contributed by atoms with E-state index in [2.05, 4.69) is 15.5 Å². The summed E-state index contributed by atoms with van der Waals surface area (Å²) in [6, 6.07) is 16.7. The quantitative estimate of drug-likeness (QED) is 0.350. The number of hydrogen-bond donors (Lipinski definition) is 2. The molecule has 1 fully saturated rings. The van der Waals surface area contributed by atoms with Gasteiger partial charge in [-0.2, -0.15) is 0 Å². The fourth-order valence-corrected chi connectivity index (χ4v) is 6.23. The Kier molecular flexibility index (Phi) is 11.3. The molecule has 0 unspecified atom stereocenters. The van der Waals surface area contributed by atoms with Crippen LogP contribution in [0.3, 0.4) is 0 Å². The van der Waals surface area contributed by atoms with E-state index in [-0.39, 0.29) is 46.8 Å². The van der Waals surface area contributed by atoms with Gasteiger partial charge in [-0.15, -0.1) is 0 Å². The molecule has 8 nitrogen and oxygen atoms in total. The predicted molar refractivity (Wildman–Crippen MR) is 161 cm³/mol. The number of anilines is 1. The number of nitrogens with zero attached hydrogens (tertiary/aromatic N) is 2. The Balaban J connectivity index is 0.00000462. The molecule has 1 radical (unpaired) electrons. The molecule has 0 spiro atoms. The molecule has 2 amide bonds. The number of carbonyl (C=O) groups is 2. The molecule has 1 heterocycles. The Morgan fingerprint density at radius 2 is 1.49 bits per heavy atom. The fourth-order valence-electron chi connectivity index (χ4n) is 4.82. The third kappa shape index (κ3) is 8.01. The smallest absolute Gasteiger partial charge is 0.252 e. The Bertz CT molecular complexity index is 1460. The normalized spacial score (nSPS) is 14.5. The number of halogens is 3. The minimum atomic E-state index is -3.86. The molecule has 1 aliphatic heterocycles. The number of rotatable bonds is 9. The molecule has 13 heteroatoms. The number of likely N-dealkylation sites (tertiary alicyclic amines) is 1. The van der Waals surface area contributed by atoms with Crippen LogP contribution in [-0.4, -0.2) is 93.2 Å². The SMILES string of the molecule is CNC(=O)[C@H](C)NC(=O)c1cc(F)cc(N(C2CN(C(c3ccc(Cl)cc3)c3ccc(Cl)cc3)C2)S(C)(=O)=O)c1.[Na]. The zero-order valence-corrected chi connectivity index (χ0v) is 27.4. The summed E-state index contributed by atoms with van der Waals surface area (Å²) in [6.07, 6.45) is 1.05. The van der Waals surface area contributed by atoms with Crippen molar-refractivity contribution in [1.29, 1.82) is 0 Å². The largest absolute Gasteiger partial charge is 0.357 e. The minimum absolute atomic E-state index is 0. The summed E-state index contributed by atoms with van der Waals surface area (Å²) in [7, 11) is -2.43. The third-order valence-corrected chi connectivity index (χ3v) is 8.43. The van der Waals surface area contributed by atoms with Crippen molar-refractivity contribution in [1.82, 2.24) is 15.5 Å². The average Bonchev–Trinajstić information content (AvgIpc) is 2.87. The van der Waals surface area contributed by atoms with Crippen molar-refractivity contribution in [3.05, 3.63) is 99.3 Å². The molecule has 1 atom stereocenters. The van der Waals surface area contributed by atoms with Crippen molar-refractivity contribution in [2.75, 3.05) is 30.7 Å². The maximum absolute atomic E-state index is 14.7. The zero-order valence-electron chi connectivity index (χ0n) is 23.1. The van der Waals surface area contributed by atoms with Gasteiger partial charge in [0.2, 0.25) is 15.9 Å². The Hall–Kier alpha value is -2.18. The van der Waals surface area contributed by atoms with Gasteiger partial charge in [0, 0.05) is 65.3 Å². The molecule has 0 aliphatic carbocycles. The first kappa shape index (κ1) is 33.3. The van der Waals surface area contributed by atoms with Crippen molar-refractivity contribution >= 4 is 80.3 Å². The molecule has 0 bridgehead atoms. The van der Waals surface area contributed by atoms with Gasteiger partial charge < -0.3 is 10.6 Å². The maximum Gasteiger partial charge on any atom is 0.252 e. The van der Waals surface area contributed by atoms with Crippen LogP contribution in [-0.2, 0) is 14.8 Å². The molecular formula is C28H29Cl2FN4NaO4S. The third-order valence-electron chi connectivity index (χ3n) is 6.70. The standard InChI is InChI=1S/C28H29Cl2FN4O4S.Na/c1-17(27(36)32-2)33-28(37)20-12-23(31)14-24(13-20)35(40(3,38)39)25-15-34(16-25)26(18-4-8-21(29)9-5-18)19-6-10-22(30)11-7-19;/h4-14,17,25-26H,15-16H2,1-3H3,(H,32,36)(H,33,37);/t17-;/m0./s1. The van der Waals surface area contributed by atoms with Gasteiger partial charge in [0.25, 0.3) is 5.91 Å². The molecule has 4 rings (SSSR count). The maximum atomic E-state index is 14.7. The molecule has 0 saturated carbocycles. The number of carbonyl (C=O) groups excluding carboxylic acids is 2. The molecule has 213 valence electrons.